The minimum atomic E-state index is -1.06. The molecule has 0 spiro atoms. The maximum Gasteiger partial charge on any atom is 0.326 e. The number of urea groups is 1. The number of carboxylic acid groups (broad SMARTS) is 1. The molecule has 6 heteroatoms. The molecule has 3 N–H and O–H groups in total. The van der Waals surface area contributed by atoms with E-state index < -0.39 is 18.1 Å². The van der Waals surface area contributed by atoms with Gasteiger partial charge in [0.05, 0.1) is 6.10 Å². The second-order valence-corrected chi connectivity index (χ2v) is 4.83. The Morgan fingerprint density at radius 3 is 2.72 bits per heavy atom. The molecule has 0 aromatic rings. The van der Waals surface area contributed by atoms with Crippen molar-refractivity contribution in [2.75, 3.05) is 6.54 Å². The number of aliphatic carboxylic acids is 1. The quantitative estimate of drug-likeness (QED) is 0.619. The predicted octanol–water partition coefficient (Wildman–Crippen LogP) is 0.325. The number of carbonyl (C=O) groups excluding carboxylic acids is 1. The number of aliphatic hydroxyl groups is 1. The number of aliphatic hydroxyl groups excluding tert-OH is 1. The van der Waals surface area contributed by atoms with Crippen LogP contribution in [0.15, 0.2) is 12.2 Å². The Kier molecular flexibility index (Phi) is 3.86. The zero-order valence-corrected chi connectivity index (χ0v) is 10.1. The smallest absolute Gasteiger partial charge is 0.326 e. The van der Waals surface area contributed by atoms with Gasteiger partial charge in [-0.2, -0.15) is 0 Å². The summed E-state index contributed by atoms with van der Waals surface area (Å²) in [5.41, 5.74) is 0. The van der Waals surface area contributed by atoms with Gasteiger partial charge in [-0.1, -0.05) is 12.2 Å². The average molecular weight is 254 g/mol. The first-order valence-corrected chi connectivity index (χ1v) is 6.21. The van der Waals surface area contributed by atoms with Crippen LogP contribution in [0.2, 0.25) is 0 Å². The fraction of sp³-hybridized carbons (Fsp3) is 0.667. The first kappa shape index (κ1) is 12.9. The molecule has 1 aliphatic heterocycles. The lowest BCUT2D eigenvalue weighted by atomic mass is 10.0. The van der Waals surface area contributed by atoms with Gasteiger partial charge in [0.15, 0.2) is 0 Å². The lowest BCUT2D eigenvalue weighted by Gasteiger charge is -2.26. The van der Waals surface area contributed by atoms with Crippen LogP contribution in [-0.2, 0) is 4.79 Å². The maximum atomic E-state index is 12.0. The van der Waals surface area contributed by atoms with E-state index in [2.05, 4.69) is 11.4 Å². The molecule has 1 heterocycles. The van der Waals surface area contributed by atoms with Crippen molar-refractivity contribution in [2.24, 2.45) is 0 Å². The van der Waals surface area contributed by atoms with Crippen LogP contribution >= 0.6 is 0 Å². The van der Waals surface area contributed by atoms with Crippen LogP contribution in [0, 0.1) is 0 Å². The molecule has 2 aliphatic rings. The molecular formula is C12H18N2O4. The van der Waals surface area contributed by atoms with Gasteiger partial charge in [-0.15, -0.1) is 0 Å². The number of rotatable bonds is 2. The first-order valence-electron chi connectivity index (χ1n) is 6.21. The molecule has 2 rings (SSSR count). The van der Waals surface area contributed by atoms with Crippen molar-refractivity contribution in [3.05, 3.63) is 12.2 Å². The number of hydrogen-bond donors (Lipinski definition) is 3. The van der Waals surface area contributed by atoms with Gasteiger partial charge in [0.1, 0.15) is 6.04 Å². The van der Waals surface area contributed by atoms with Gasteiger partial charge in [-0.25, -0.2) is 9.59 Å². The van der Waals surface area contributed by atoms with Gasteiger partial charge < -0.3 is 20.4 Å². The molecule has 0 saturated carbocycles. The highest BCUT2D eigenvalue weighted by Gasteiger charge is 2.39. The van der Waals surface area contributed by atoms with Gasteiger partial charge in [0.2, 0.25) is 0 Å². The van der Waals surface area contributed by atoms with Crippen LogP contribution < -0.4 is 5.32 Å². The molecule has 1 saturated heterocycles. The lowest BCUT2D eigenvalue weighted by Crippen LogP contribution is -2.49. The summed E-state index contributed by atoms with van der Waals surface area (Å²) in [6.07, 6.45) is 6.02. The van der Waals surface area contributed by atoms with Crippen molar-refractivity contribution in [2.45, 2.75) is 43.9 Å². The Bertz CT molecular complexity index is 369. The molecule has 6 nitrogen and oxygen atoms in total. The van der Waals surface area contributed by atoms with Gasteiger partial charge >= 0.3 is 12.0 Å². The Balaban J connectivity index is 1.95. The van der Waals surface area contributed by atoms with E-state index in [0.717, 1.165) is 19.3 Å². The Labute approximate surface area is 105 Å². The Morgan fingerprint density at radius 2 is 2.11 bits per heavy atom. The molecule has 0 aromatic carbocycles. The number of allylic oxidation sites excluding steroid dienone is 1. The normalized spacial score (nSPS) is 31.4. The number of nitrogens with zero attached hydrogens (tertiary/aromatic N) is 1. The summed E-state index contributed by atoms with van der Waals surface area (Å²) in [5, 5.41) is 21.3. The molecule has 0 bridgehead atoms. The summed E-state index contributed by atoms with van der Waals surface area (Å²) >= 11 is 0. The molecule has 0 aromatic heterocycles. The molecular weight excluding hydrogens is 236 g/mol. The lowest BCUT2D eigenvalue weighted by molar-refractivity contribution is -0.141. The van der Waals surface area contributed by atoms with E-state index in [1.165, 1.54) is 4.90 Å². The van der Waals surface area contributed by atoms with Crippen molar-refractivity contribution in [1.82, 2.24) is 10.2 Å². The molecule has 1 unspecified atom stereocenters. The van der Waals surface area contributed by atoms with Gasteiger partial charge in [0, 0.05) is 19.0 Å². The summed E-state index contributed by atoms with van der Waals surface area (Å²) < 4.78 is 0. The second-order valence-electron chi connectivity index (χ2n) is 4.83. The third-order valence-corrected chi connectivity index (χ3v) is 3.42. The van der Waals surface area contributed by atoms with Gasteiger partial charge in [-0.05, 0) is 19.3 Å². The van der Waals surface area contributed by atoms with E-state index in [-0.39, 0.29) is 25.0 Å². The number of amides is 2. The number of carboxylic acids is 1. The summed E-state index contributed by atoms with van der Waals surface area (Å²) in [6, 6.07) is -1.24. The highest BCUT2D eigenvalue weighted by atomic mass is 16.4. The number of β-amino-alcohol motifs (C(OH)–C–C–N with tert-alkyl or cyclic N) is 1. The maximum absolute atomic E-state index is 12.0. The van der Waals surface area contributed by atoms with E-state index >= 15 is 0 Å². The average Bonchev–Trinajstić information content (AvgIpc) is 2.73. The minimum Gasteiger partial charge on any atom is -0.480 e. The molecule has 2 amide bonds. The third-order valence-electron chi connectivity index (χ3n) is 3.42. The Hall–Kier alpha value is -1.56. The Morgan fingerprint density at radius 1 is 1.33 bits per heavy atom. The third kappa shape index (κ3) is 2.81. The van der Waals surface area contributed by atoms with Crippen molar-refractivity contribution in [3.63, 3.8) is 0 Å². The zero-order chi connectivity index (χ0) is 13.1. The fourth-order valence-corrected chi connectivity index (χ4v) is 2.45. The number of likely N-dealkylation sites (tertiary alicyclic amines) is 1. The number of carbonyl (C=O) groups is 2. The van der Waals surface area contributed by atoms with E-state index in [4.69, 9.17) is 5.11 Å². The van der Waals surface area contributed by atoms with E-state index in [0.29, 0.717) is 0 Å². The van der Waals surface area contributed by atoms with Crippen LogP contribution in [-0.4, -0.2) is 51.8 Å². The first-order chi connectivity index (χ1) is 8.58. The van der Waals surface area contributed by atoms with Crippen LogP contribution in [0.1, 0.15) is 25.7 Å². The van der Waals surface area contributed by atoms with Crippen molar-refractivity contribution in [3.8, 4) is 0 Å². The van der Waals surface area contributed by atoms with Gasteiger partial charge in [0.25, 0.3) is 0 Å². The van der Waals surface area contributed by atoms with Crippen LogP contribution in [0.3, 0.4) is 0 Å². The summed E-state index contributed by atoms with van der Waals surface area (Å²) in [6.45, 7) is 0.0887. The molecule has 3 atom stereocenters. The number of nitrogens with one attached hydrogen (secondary N) is 1. The van der Waals surface area contributed by atoms with Crippen molar-refractivity contribution in [1.29, 1.82) is 0 Å². The fourth-order valence-electron chi connectivity index (χ4n) is 2.45. The van der Waals surface area contributed by atoms with E-state index in [1.54, 1.807) is 0 Å². The predicted molar refractivity (Wildman–Crippen MR) is 64.1 cm³/mol. The molecule has 1 fully saturated rings. The molecule has 18 heavy (non-hydrogen) atoms. The van der Waals surface area contributed by atoms with Crippen molar-refractivity contribution >= 4 is 12.0 Å². The summed E-state index contributed by atoms with van der Waals surface area (Å²) in [5.74, 6) is -1.06. The highest BCUT2D eigenvalue weighted by Crippen LogP contribution is 2.19. The summed E-state index contributed by atoms with van der Waals surface area (Å²) in [4.78, 5) is 24.2. The van der Waals surface area contributed by atoms with Gasteiger partial charge in [-0.3, -0.25) is 0 Å². The summed E-state index contributed by atoms with van der Waals surface area (Å²) in [7, 11) is 0. The van der Waals surface area contributed by atoms with Crippen molar-refractivity contribution < 1.29 is 19.8 Å². The largest absolute Gasteiger partial charge is 0.480 e. The SMILES string of the molecule is O=C(O)[C@@H]1C[C@@H](O)CN1C(=O)NC1CC=CCC1. The minimum absolute atomic E-state index is 0.0645. The number of hydrogen-bond acceptors (Lipinski definition) is 3. The van der Waals surface area contributed by atoms with E-state index in [9.17, 15) is 14.7 Å². The molecule has 1 aliphatic carbocycles. The zero-order valence-electron chi connectivity index (χ0n) is 10.1. The second kappa shape index (κ2) is 5.39. The standard InChI is InChI=1S/C12H18N2O4/c15-9-6-10(11(16)17)14(7-9)12(18)13-8-4-2-1-3-5-8/h1-2,8-10,15H,3-7H2,(H,13,18)(H,16,17)/t8?,9-,10+/m1/s1. The molecule has 100 valence electrons. The monoisotopic (exact) mass is 254 g/mol. The highest BCUT2D eigenvalue weighted by molar-refractivity contribution is 5.83. The topological polar surface area (TPSA) is 89.9 Å². The van der Waals surface area contributed by atoms with Crippen LogP contribution in [0.25, 0.3) is 0 Å². The van der Waals surface area contributed by atoms with Crippen LogP contribution in [0.5, 0.6) is 0 Å². The molecule has 0 radical (unpaired) electrons. The van der Waals surface area contributed by atoms with Crippen LogP contribution in [0.4, 0.5) is 4.79 Å². The van der Waals surface area contributed by atoms with E-state index in [1.807, 2.05) is 6.08 Å².